The number of amides is 5. The Morgan fingerprint density at radius 2 is 1.65 bits per heavy atom. The summed E-state index contributed by atoms with van der Waals surface area (Å²) in [5.41, 5.74) is -1.36. The fourth-order valence-corrected chi connectivity index (χ4v) is 8.68. The van der Waals surface area contributed by atoms with Gasteiger partial charge in [0.15, 0.2) is 0 Å². The second-order valence-electron chi connectivity index (χ2n) is 15.6. The number of carbonyl (C=O) groups is 5. The summed E-state index contributed by atoms with van der Waals surface area (Å²) in [6.07, 6.45) is 2.08. The summed E-state index contributed by atoms with van der Waals surface area (Å²) < 4.78 is 54.3. The van der Waals surface area contributed by atoms with Gasteiger partial charge in [-0.1, -0.05) is 62.4 Å². The SMILES string of the molecule is CC(C)(C)OC(=O)N[C@H]1CCCCCCC[C@H]2C[C@]2(C(=O)NS(=O)(=O)c2ccccc2)NC(=O)[C@@H]2C[C@@H](OC(=O)N3Cc4cccc(F)c4C3)CN2C1=O. The van der Waals surface area contributed by atoms with Gasteiger partial charge in [0.05, 0.1) is 18.0 Å². The minimum Gasteiger partial charge on any atom is -0.444 e. The topological polar surface area (TPSA) is 181 Å². The molecular formula is C38H48FN5O9S. The number of sulfonamides is 1. The Kier molecular flexibility index (Phi) is 11.2. The van der Waals surface area contributed by atoms with Gasteiger partial charge < -0.3 is 25.0 Å². The van der Waals surface area contributed by atoms with Crippen molar-refractivity contribution in [1.29, 1.82) is 0 Å². The summed E-state index contributed by atoms with van der Waals surface area (Å²) in [4.78, 5) is 71.3. The van der Waals surface area contributed by atoms with Crippen molar-refractivity contribution < 1.29 is 46.3 Å². The number of alkyl carbamates (subject to hydrolysis) is 1. The van der Waals surface area contributed by atoms with Crippen LogP contribution >= 0.6 is 0 Å². The smallest absolute Gasteiger partial charge is 0.410 e. The van der Waals surface area contributed by atoms with Crippen LogP contribution in [0.5, 0.6) is 0 Å². The molecule has 14 nitrogen and oxygen atoms in total. The monoisotopic (exact) mass is 769 g/mol. The highest BCUT2D eigenvalue weighted by Crippen LogP contribution is 2.48. The average Bonchev–Trinajstić information content (AvgIpc) is 3.40. The van der Waals surface area contributed by atoms with Crippen LogP contribution in [-0.4, -0.2) is 84.0 Å². The van der Waals surface area contributed by atoms with Crippen molar-refractivity contribution in [3.63, 3.8) is 0 Å². The predicted octanol–water partition coefficient (Wildman–Crippen LogP) is 4.27. The molecule has 1 saturated carbocycles. The first kappa shape index (κ1) is 39.0. The van der Waals surface area contributed by atoms with E-state index in [0.717, 1.165) is 25.7 Å². The van der Waals surface area contributed by atoms with Gasteiger partial charge in [0.1, 0.15) is 35.1 Å². The van der Waals surface area contributed by atoms with Crippen LogP contribution in [0.4, 0.5) is 14.0 Å². The summed E-state index contributed by atoms with van der Waals surface area (Å²) >= 11 is 0. The van der Waals surface area contributed by atoms with Crippen LogP contribution in [0, 0.1) is 11.7 Å². The first-order valence-electron chi connectivity index (χ1n) is 18.5. The van der Waals surface area contributed by atoms with E-state index in [1.807, 2.05) is 0 Å². The molecule has 5 atom stereocenters. The number of nitrogens with zero attached hydrogens (tertiary/aromatic N) is 2. The van der Waals surface area contributed by atoms with Gasteiger partial charge >= 0.3 is 12.2 Å². The molecule has 0 aromatic heterocycles. The van der Waals surface area contributed by atoms with Gasteiger partial charge in [-0.2, -0.15) is 0 Å². The van der Waals surface area contributed by atoms with Crippen LogP contribution in [0.25, 0.3) is 0 Å². The number of hydrogen-bond donors (Lipinski definition) is 3. The quantitative estimate of drug-likeness (QED) is 0.401. The van der Waals surface area contributed by atoms with Crippen molar-refractivity contribution in [1.82, 2.24) is 25.2 Å². The van der Waals surface area contributed by atoms with Crippen LogP contribution < -0.4 is 15.4 Å². The number of halogens is 1. The maximum absolute atomic E-state index is 14.4. The van der Waals surface area contributed by atoms with E-state index in [9.17, 15) is 36.8 Å². The van der Waals surface area contributed by atoms with E-state index in [2.05, 4.69) is 15.4 Å². The first-order chi connectivity index (χ1) is 25.6. The van der Waals surface area contributed by atoms with Gasteiger partial charge in [0.25, 0.3) is 15.9 Å². The molecule has 0 unspecified atom stereocenters. The summed E-state index contributed by atoms with van der Waals surface area (Å²) in [7, 11) is -4.27. The van der Waals surface area contributed by atoms with Crippen molar-refractivity contribution in [2.24, 2.45) is 5.92 Å². The first-order valence-corrected chi connectivity index (χ1v) is 20.0. The largest absolute Gasteiger partial charge is 0.444 e. The van der Waals surface area contributed by atoms with Crippen molar-refractivity contribution in [3.05, 3.63) is 65.5 Å². The van der Waals surface area contributed by atoms with Crippen LogP contribution in [0.2, 0.25) is 0 Å². The summed E-state index contributed by atoms with van der Waals surface area (Å²) in [6, 6.07) is 9.70. The van der Waals surface area contributed by atoms with E-state index in [-0.39, 0.29) is 49.7 Å². The molecule has 292 valence electrons. The molecule has 4 aliphatic rings. The molecule has 3 heterocycles. The maximum atomic E-state index is 14.4. The molecule has 6 rings (SSSR count). The number of rotatable bonds is 5. The molecule has 0 bridgehead atoms. The van der Waals surface area contributed by atoms with Gasteiger partial charge in [0.2, 0.25) is 11.8 Å². The Hall–Kier alpha value is -4.73. The Labute approximate surface area is 314 Å². The summed E-state index contributed by atoms with van der Waals surface area (Å²) in [5, 5.41) is 5.50. The molecule has 3 aliphatic heterocycles. The Balaban J connectivity index is 1.26. The molecule has 2 aromatic rings. The fourth-order valence-electron chi connectivity index (χ4n) is 7.62. The van der Waals surface area contributed by atoms with E-state index in [1.165, 1.54) is 40.1 Å². The van der Waals surface area contributed by atoms with Crippen LogP contribution in [0.1, 0.15) is 89.7 Å². The standard InChI is InChI=1S/C38H48FN5O9S/c1-37(2,3)53-35(48)40-30-18-11-6-4-5-8-14-25-20-38(25,34(47)42-54(50,51)27-15-9-7-10-16-27)41-32(45)31-19-26(22-44(31)33(30)46)52-36(49)43-21-24-13-12-17-29(39)28(24)23-43/h7,9-10,12-13,15-17,25-26,30-31H,4-6,8,11,14,18-23H2,1-3H3,(H,40,48)(H,41,45)(H,42,47)/t25-,26+,30-,31-,38-/m0/s1. The second-order valence-corrected chi connectivity index (χ2v) is 17.3. The zero-order chi connectivity index (χ0) is 38.8. The Morgan fingerprint density at radius 3 is 2.35 bits per heavy atom. The zero-order valence-electron chi connectivity index (χ0n) is 30.8. The Morgan fingerprint density at radius 1 is 0.944 bits per heavy atom. The van der Waals surface area contributed by atoms with Crippen molar-refractivity contribution in [3.8, 4) is 0 Å². The molecule has 1 aliphatic carbocycles. The average molecular weight is 770 g/mol. The van der Waals surface area contributed by atoms with Gasteiger partial charge in [0, 0.05) is 18.5 Å². The maximum Gasteiger partial charge on any atom is 0.410 e. The van der Waals surface area contributed by atoms with Crippen LogP contribution in [0.3, 0.4) is 0 Å². The van der Waals surface area contributed by atoms with Gasteiger partial charge in [-0.3, -0.25) is 19.3 Å². The summed E-state index contributed by atoms with van der Waals surface area (Å²) in [6.45, 7) is 5.00. The third-order valence-corrected chi connectivity index (χ3v) is 11.8. The lowest BCUT2D eigenvalue weighted by Crippen LogP contribution is -2.58. The van der Waals surface area contributed by atoms with E-state index in [1.54, 1.807) is 39.0 Å². The van der Waals surface area contributed by atoms with Gasteiger partial charge in [-0.15, -0.1) is 0 Å². The molecule has 2 saturated heterocycles. The van der Waals surface area contributed by atoms with Crippen LogP contribution in [0.15, 0.2) is 53.4 Å². The highest BCUT2D eigenvalue weighted by Gasteiger charge is 2.62. The van der Waals surface area contributed by atoms with Crippen LogP contribution in [-0.2, 0) is 47.0 Å². The predicted molar refractivity (Wildman–Crippen MR) is 192 cm³/mol. The highest BCUT2D eigenvalue weighted by atomic mass is 32.2. The highest BCUT2D eigenvalue weighted by molar-refractivity contribution is 7.90. The minimum atomic E-state index is -4.27. The number of ether oxygens (including phenoxy) is 2. The van der Waals surface area contributed by atoms with E-state index in [4.69, 9.17) is 9.47 Å². The number of hydrogen-bond acceptors (Lipinski definition) is 9. The molecule has 0 spiro atoms. The number of carbonyl (C=O) groups excluding carboxylic acids is 5. The lowest BCUT2D eigenvalue weighted by Gasteiger charge is -2.30. The van der Waals surface area contributed by atoms with Gasteiger partial charge in [-0.25, -0.2) is 27.1 Å². The van der Waals surface area contributed by atoms with E-state index in [0.29, 0.717) is 24.0 Å². The van der Waals surface area contributed by atoms with Gasteiger partial charge in [-0.05, 0) is 69.7 Å². The molecule has 54 heavy (non-hydrogen) atoms. The molecule has 3 N–H and O–H groups in total. The molecule has 0 radical (unpaired) electrons. The molecular weight excluding hydrogens is 722 g/mol. The second kappa shape index (κ2) is 15.6. The lowest BCUT2D eigenvalue weighted by atomic mass is 10.0. The number of benzene rings is 2. The van der Waals surface area contributed by atoms with E-state index < -0.39 is 75.1 Å². The fraction of sp³-hybridized carbons (Fsp3) is 0.553. The molecule has 3 fully saturated rings. The lowest BCUT2D eigenvalue weighted by molar-refractivity contribution is -0.141. The third kappa shape index (κ3) is 8.79. The molecule has 16 heteroatoms. The number of fused-ring (bicyclic) bond motifs is 3. The third-order valence-electron chi connectivity index (χ3n) is 10.5. The zero-order valence-corrected chi connectivity index (χ0v) is 31.6. The molecule has 2 aromatic carbocycles. The van der Waals surface area contributed by atoms with Crippen molar-refractivity contribution in [2.45, 2.75) is 126 Å². The van der Waals surface area contributed by atoms with E-state index >= 15 is 0 Å². The Bertz CT molecular complexity index is 1890. The number of nitrogens with one attached hydrogen (secondary N) is 3. The molecule has 5 amide bonds. The summed E-state index contributed by atoms with van der Waals surface area (Å²) in [5.74, 6) is -2.98. The normalized spacial score (nSPS) is 26.2. The van der Waals surface area contributed by atoms with Crippen molar-refractivity contribution in [2.75, 3.05) is 6.54 Å². The van der Waals surface area contributed by atoms with Crippen molar-refractivity contribution >= 4 is 39.9 Å². The minimum absolute atomic E-state index is 0.00703.